The molecule has 118 valence electrons. The minimum atomic E-state index is -1.07. The Morgan fingerprint density at radius 2 is 2.05 bits per heavy atom. The SMILES string of the molecule is NC(=O)c1cc(NCC(=O)N2CCNC(=O)C2)c(F)cc1F. The van der Waals surface area contributed by atoms with Gasteiger partial charge in [-0.25, -0.2) is 8.78 Å². The summed E-state index contributed by atoms with van der Waals surface area (Å²) in [6.45, 7) is 0.332. The van der Waals surface area contributed by atoms with Crippen LogP contribution in [0.3, 0.4) is 0 Å². The van der Waals surface area contributed by atoms with Crippen molar-refractivity contribution in [2.75, 3.05) is 31.5 Å². The minimum Gasteiger partial charge on any atom is -0.374 e. The van der Waals surface area contributed by atoms with Gasteiger partial charge in [-0.3, -0.25) is 14.4 Å². The molecule has 4 N–H and O–H groups in total. The number of nitrogens with one attached hydrogen (secondary N) is 2. The number of nitrogens with zero attached hydrogens (tertiary/aromatic N) is 1. The van der Waals surface area contributed by atoms with Crippen molar-refractivity contribution in [1.29, 1.82) is 0 Å². The number of rotatable bonds is 4. The first-order valence-electron chi connectivity index (χ1n) is 6.45. The molecule has 0 bridgehead atoms. The molecule has 0 saturated carbocycles. The molecule has 3 amide bonds. The van der Waals surface area contributed by atoms with E-state index in [9.17, 15) is 23.2 Å². The molecule has 1 aromatic carbocycles. The monoisotopic (exact) mass is 312 g/mol. The van der Waals surface area contributed by atoms with Crippen molar-refractivity contribution in [3.63, 3.8) is 0 Å². The van der Waals surface area contributed by atoms with Gasteiger partial charge in [0.2, 0.25) is 11.8 Å². The first-order chi connectivity index (χ1) is 10.4. The van der Waals surface area contributed by atoms with E-state index in [-0.39, 0.29) is 24.7 Å². The van der Waals surface area contributed by atoms with Gasteiger partial charge in [0.15, 0.2) is 0 Å². The summed E-state index contributed by atoms with van der Waals surface area (Å²) in [5.74, 6) is -3.76. The maximum atomic E-state index is 13.6. The number of piperazine rings is 1. The van der Waals surface area contributed by atoms with E-state index in [2.05, 4.69) is 10.6 Å². The van der Waals surface area contributed by atoms with Crippen molar-refractivity contribution >= 4 is 23.4 Å². The van der Waals surface area contributed by atoms with Crippen LogP contribution in [-0.2, 0) is 9.59 Å². The smallest absolute Gasteiger partial charge is 0.251 e. The Labute approximate surface area is 124 Å². The van der Waals surface area contributed by atoms with Crippen LogP contribution < -0.4 is 16.4 Å². The number of amides is 3. The Balaban J connectivity index is 2.04. The van der Waals surface area contributed by atoms with Crippen molar-refractivity contribution in [3.05, 3.63) is 29.3 Å². The van der Waals surface area contributed by atoms with Crippen LogP contribution in [0.4, 0.5) is 14.5 Å². The number of carbonyl (C=O) groups excluding carboxylic acids is 3. The van der Waals surface area contributed by atoms with E-state index in [0.29, 0.717) is 19.2 Å². The summed E-state index contributed by atoms with van der Waals surface area (Å²) >= 11 is 0. The number of nitrogens with two attached hydrogens (primary N) is 1. The van der Waals surface area contributed by atoms with E-state index in [0.717, 1.165) is 6.07 Å². The molecule has 7 nitrogen and oxygen atoms in total. The Morgan fingerprint density at radius 3 is 2.68 bits per heavy atom. The molecule has 0 unspecified atom stereocenters. The zero-order valence-corrected chi connectivity index (χ0v) is 11.5. The van der Waals surface area contributed by atoms with Crippen molar-refractivity contribution in [1.82, 2.24) is 10.2 Å². The number of hydrogen-bond donors (Lipinski definition) is 3. The van der Waals surface area contributed by atoms with Crippen LogP contribution in [0.25, 0.3) is 0 Å². The second-order valence-corrected chi connectivity index (χ2v) is 4.69. The van der Waals surface area contributed by atoms with Crippen LogP contribution in [0.15, 0.2) is 12.1 Å². The maximum absolute atomic E-state index is 13.6. The zero-order valence-electron chi connectivity index (χ0n) is 11.5. The van der Waals surface area contributed by atoms with Crippen LogP contribution in [0, 0.1) is 11.6 Å². The predicted octanol–water partition coefficient (Wildman–Crippen LogP) is -0.566. The third kappa shape index (κ3) is 3.48. The zero-order chi connectivity index (χ0) is 16.3. The van der Waals surface area contributed by atoms with E-state index in [1.54, 1.807) is 0 Å². The minimum absolute atomic E-state index is 0.0705. The number of anilines is 1. The Bertz CT molecular complexity index is 636. The van der Waals surface area contributed by atoms with Crippen molar-refractivity contribution in [2.45, 2.75) is 0 Å². The van der Waals surface area contributed by atoms with Gasteiger partial charge in [0.1, 0.15) is 11.6 Å². The van der Waals surface area contributed by atoms with E-state index in [1.807, 2.05) is 0 Å². The summed E-state index contributed by atoms with van der Waals surface area (Å²) in [5.41, 5.74) is 4.28. The quantitative estimate of drug-likeness (QED) is 0.693. The van der Waals surface area contributed by atoms with Gasteiger partial charge in [-0.1, -0.05) is 0 Å². The Morgan fingerprint density at radius 1 is 1.32 bits per heavy atom. The lowest BCUT2D eigenvalue weighted by atomic mass is 10.1. The van der Waals surface area contributed by atoms with Crippen molar-refractivity contribution < 1.29 is 23.2 Å². The lowest BCUT2D eigenvalue weighted by Gasteiger charge is -2.26. The molecular weight excluding hydrogens is 298 g/mol. The summed E-state index contributed by atoms with van der Waals surface area (Å²) in [5, 5.41) is 5.04. The fourth-order valence-electron chi connectivity index (χ4n) is 2.01. The normalized spacial score (nSPS) is 14.5. The average Bonchev–Trinajstić information content (AvgIpc) is 2.45. The highest BCUT2D eigenvalue weighted by atomic mass is 19.1. The highest BCUT2D eigenvalue weighted by Gasteiger charge is 2.21. The van der Waals surface area contributed by atoms with E-state index < -0.39 is 29.0 Å². The molecule has 0 spiro atoms. The van der Waals surface area contributed by atoms with Gasteiger partial charge in [-0.2, -0.15) is 0 Å². The third-order valence-corrected chi connectivity index (χ3v) is 3.14. The van der Waals surface area contributed by atoms with E-state index in [1.165, 1.54) is 4.90 Å². The number of primary amides is 1. The summed E-state index contributed by atoms with van der Waals surface area (Å²) in [4.78, 5) is 35.4. The van der Waals surface area contributed by atoms with Crippen molar-refractivity contribution in [2.24, 2.45) is 5.73 Å². The van der Waals surface area contributed by atoms with Crippen LogP contribution in [0.2, 0.25) is 0 Å². The van der Waals surface area contributed by atoms with Gasteiger partial charge >= 0.3 is 0 Å². The molecule has 1 fully saturated rings. The molecule has 9 heteroatoms. The standard InChI is InChI=1S/C13H14F2N4O3/c14-8-4-9(15)10(3-7(8)13(16)22)18-5-12(21)19-2-1-17-11(20)6-19/h3-4,18H,1-2,5-6H2,(H2,16,22)(H,17,20). The third-order valence-electron chi connectivity index (χ3n) is 3.14. The molecule has 0 atom stereocenters. The van der Waals surface area contributed by atoms with Crippen LogP contribution >= 0.6 is 0 Å². The van der Waals surface area contributed by atoms with E-state index >= 15 is 0 Å². The summed E-state index contributed by atoms with van der Waals surface area (Å²) in [7, 11) is 0. The first-order valence-corrected chi connectivity index (χ1v) is 6.45. The lowest BCUT2D eigenvalue weighted by Crippen LogP contribution is -2.51. The van der Waals surface area contributed by atoms with Crippen LogP contribution in [0.5, 0.6) is 0 Å². The first kappa shape index (κ1) is 15.7. The maximum Gasteiger partial charge on any atom is 0.251 e. The second kappa shape index (κ2) is 6.37. The molecule has 1 saturated heterocycles. The molecular formula is C13H14F2N4O3. The van der Waals surface area contributed by atoms with Crippen molar-refractivity contribution in [3.8, 4) is 0 Å². The summed E-state index contributed by atoms with van der Waals surface area (Å²) in [6.07, 6.45) is 0. The molecule has 0 radical (unpaired) electrons. The molecule has 0 aromatic heterocycles. The van der Waals surface area contributed by atoms with Gasteiger partial charge in [0.05, 0.1) is 24.3 Å². The molecule has 1 heterocycles. The molecule has 0 aliphatic carbocycles. The predicted molar refractivity (Wildman–Crippen MR) is 73.0 cm³/mol. The van der Waals surface area contributed by atoms with E-state index in [4.69, 9.17) is 5.73 Å². The second-order valence-electron chi connectivity index (χ2n) is 4.69. The number of halogens is 2. The molecule has 1 aliphatic heterocycles. The summed E-state index contributed by atoms with van der Waals surface area (Å²) < 4.78 is 26.9. The van der Waals surface area contributed by atoms with Gasteiger partial charge < -0.3 is 21.3 Å². The molecule has 1 aromatic rings. The molecule has 1 aliphatic rings. The van der Waals surface area contributed by atoms with Gasteiger partial charge in [-0.15, -0.1) is 0 Å². The highest BCUT2D eigenvalue weighted by Crippen LogP contribution is 2.19. The fraction of sp³-hybridized carbons (Fsp3) is 0.308. The van der Waals surface area contributed by atoms with Gasteiger partial charge in [-0.05, 0) is 6.07 Å². The fourth-order valence-corrected chi connectivity index (χ4v) is 2.01. The summed E-state index contributed by atoms with van der Waals surface area (Å²) in [6, 6.07) is 1.42. The average molecular weight is 312 g/mol. The lowest BCUT2D eigenvalue weighted by molar-refractivity contribution is -0.136. The van der Waals surface area contributed by atoms with Crippen LogP contribution in [0.1, 0.15) is 10.4 Å². The number of benzene rings is 1. The molecule has 22 heavy (non-hydrogen) atoms. The Kier molecular flexibility index (Phi) is 4.54. The topological polar surface area (TPSA) is 105 Å². The number of hydrogen-bond acceptors (Lipinski definition) is 4. The molecule has 2 rings (SSSR count). The highest BCUT2D eigenvalue weighted by molar-refractivity contribution is 5.94. The van der Waals surface area contributed by atoms with Gasteiger partial charge in [0.25, 0.3) is 5.91 Å². The largest absolute Gasteiger partial charge is 0.374 e. The van der Waals surface area contributed by atoms with Crippen LogP contribution in [-0.4, -0.2) is 48.8 Å². The van der Waals surface area contributed by atoms with Gasteiger partial charge in [0, 0.05) is 19.2 Å². The number of carbonyl (C=O) groups is 3. The Hall–Kier alpha value is -2.71.